The highest BCUT2D eigenvalue weighted by Crippen LogP contribution is 2.34. The van der Waals surface area contributed by atoms with Crippen molar-refractivity contribution >= 4 is 28.6 Å². The molecule has 4 heterocycles. The zero-order valence-corrected chi connectivity index (χ0v) is 20.0. The van der Waals surface area contributed by atoms with Crippen LogP contribution in [-0.2, 0) is 16.0 Å². The number of rotatable bonds is 6. The minimum absolute atomic E-state index is 0.0223. The molecule has 2 aliphatic heterocycles. The topological polar surface area (TPSA) is 118 Å². The molecule has 2 atom stereocenters. The number of likely N-dealkylation sites (N-methyl/N-ethyl adjacent to an activating group) is 1. The maximum atomic E-state index is 13.3. The first-order valence-corrected chi connectivity index (χ1v) is 11.7. The molecule has 0 radical (unpaired) electrons. The number of aromatic nitrogens is 4. The van der Waals surface area contributed by atoms with Crippen molar-refractivity contribution in [3.8, 4) is 11.4 Å². The second-order valence-electron chi connectivity index (χ2n) is 9.06. The molecule has 14 heteroatoms. The molecule has 3 aromatic rings. The molecule has 0 spiro atoms. The Kier molecular flexibility index (Phi) is 6.88. The van der Waals surface area contributed by atoms with Gasteiger partial charge in [-0.05, 0) is 31.3 Å². The number of alkyl halides is 3. The number of nitrogens with one attached hydrogen (secondary N) is 1. The van der Waals surface area contributed by atoms with Crippen LogP contribution in [0.5, 0.6) is 0 Å². The van der Waals surface area contributed by atoms with Gasteiger partial charge in [0, 0.05) is 24.3 Å². The van der Waals surface area contributed by atoms with E-state index in [2.05, 4.69) is 25.2 Å². The molecule has 2 aliphatic rings. The minimum atomic E-state index is -4.47. The second kappa shape index (κ2) is 10.1. The number of aliphatic hydroxyl groups excluding tert-OH is 1. The van der Waals surface area contributed by atoms with Gasteiger partial charge >= 0.3 is 12.3 Å². The van der Waals surface area contributed by atoms with E-state index in [0.717, 1.165) is 17.8 Å². The van der Waals surface area contributed by atoms with Gasteiger partial charge in [0.25, 0.3) is 0 Å². The van der Waals surface area contributed by atoms with Crippen LogP contribution in [0.15, 0.2) is 30.5 Å². The summed E-state index contributed by atoms with van der Waals surface area (Å²) >= 11 is 0. The molecule has 37 heavy (non-hydrogen) atoms. The van der Waals surface area contributed by atoms with Crippen LogP contribution < -0.4 is 10.2 Å². The van der Waals surface area contributed by atoms with Crippen molar-refractivity contribution < 1.29 is 32.5 Å². The zero-order chi connectivity index (χ0) is 26.2. The molecule has 0 aliphatic carbocycles. The van der Waals surface area contributed by atoms with Crippen molar-refractivity contribution in [3.05, 3.63) is 30.5 Å². The van der Waals surface area contributed by atoms with Gasteiger partial charge in [-0.1, -0.05) is 0 Å². The highest BCUT2D eigenvalue weighted by molar-refractivity contribution is 5.89. The number of piperazine rings is 1. The predicted molar refractivity (Wildman–Crippen MR) is 127 cm³/mol. The average molecular weight is 522 g/mol. The molecule has 2 saturated heterocycles. The molecule has 2 unspecified atom stereocenters. The number of nitrogens with zero attached hydrogens (tertiary/aromatic N) is 6. The molecule has 11 nitrogen and oxygen atoms in total. The van der Waals surface area contributed by atoms with Gasteiger partial charge in [0.15, 0.2) is 11.5 Å². The first-order valence-electron chi connectivity index (χ1n) is 11.7. The largest absolute Gasteiger partial charge is 0.447 e. The molecule has 5 rings (SSSR count). The van der Waals surface area contributed by atoms with E-state index in [1.165, 1.54) is 6.20 Å². The van der Waals surface area contributed by atoms with Crippen molar-refractivity contribution in [2.24, 2.45) is 0 Å². The van der Waals surface area contributed by atoms with Gasteiger partial charge in [-0.25, -0.2) is 19.4 Å². The lowest BCUT2D eigenvalue weighted by molar-refractivity contribution is -0.141. The molecule has 0 saturated carbocycles. The standard InChI is InChI=1S/C23H26F3N7O4/c1-31-9-16-11-36-12-17(10-31)33(16)21-18-8-27-32(13-23(24,25)26)20(18)29-19(30-21)14-2-4-15(5-3-14)28-22(35)37-7-6-34/h2-5,8,16-17,34H,6-7,9-13H2,1H3,(H,28,35). The number of amides is 1. The maximum absolute atomic E-state index is 13.3. The Morgan fingerprint density at radius 1 is 1.19 bits per heavy atom. The van der Waals surface area contributed by atoms with Crippen LogP contribution in [0, 0.1) is 0 Å². The van der Waals surface area contributed by atoms with E-state index in [1.807, 2.05) is 7.05 Å². The molecule has 2 aromatic heterocycles. The summed E-state index contributed by atoms with van der Waals surface area (Å²) in [6.07, 6.45) is -3.80. The molecule has 2 bridgehead atoms. The summed E-state index contributed by atoms with van der Waals surface area (Å²) in [5.41, 5.74) is 1.07. The Labute approximate surface area is 209 Å². The summed E-state index contributed by atoms with van der Waals surface area (Å²) in [5.74, 6) is 0.758. The first kappa shape index (κ1) is 25.2. The lowest BCUT2D eigenvalue weighted by atomic mass is 10.0. The van der Waals surface area contributed by atoms with Gasteiger partial charge in [0.05, 0.1) is 43.5 Å². The SMILES string of the molecule is CN1CC2COCC(C1)N2c1nc(-c2ccc(NC(=O)OCCO)cc2)nc2c1cnn2CC(F)(F)F. The number of hydrogen-bond acceptors (Lipinski definition) is 9. The van der Waals surface area contributed by atoms with Crippen molar-refractivity contribution in [2.75, 3.05) is 56.8 Å². The van der Waals surface area contributed by atoms with Crippen LogP contribution in [0.4, 0.5) is 29.5 Å². The van der Waals surface area contributed by atoms with Gasteiger partial charge < -0.3 is 24.4 Å². The summed E-state index contributed by atoms with van der Waals surface area (Å²) in [4.78, 5) is 25.4. The maximum Gasteiger partial charge on any atom is 0.411 e. The number of hydrogen-bond donors (Lipinski definition) is 2. The van der Waals surface area contributed by atoms with Crippen LogP contribution >= 0.6 is 0 Å². The lowest BCUT2D eigenvalue weighted by Crippen LogP contribution is -2.64. The number of fused-ring (bicyclic) bond motifs is 3. The number of anilines is 2. The van der Waals surface area contributed by atoms with Crippen LogP contribution in [0.25, 0.3) is 22.4 Å². The lowest BCUT2D eigenvalue weighted by Gasteiger charge is -2.49. The van der Waals surface area contributed by atoms with Crippen LogP contribution in [-0.4, -0.2) is 101 Å². The van der Waals surface area contributed by atoms with E-state index in [0.29, 0.717) is 35.7 Å². The van der Waals surface area contributed by atoms with Crippen molar-refractivity contribution in [2.45, 2.75) is 24.8 Å². The fourth-order valence-corrected chi connectivity index (χ4v) is 4.77. The molecule has 1 amide bonds. The quantitative estimate of drug-likeness (QED) is 0.503. The first-order chi connectivity index (χ1) is 17.7. The van der Waals surface area contributed by atoms with E-state index < -0.39 is 18.8 Å². The fourth-order valence-electron chi connectivity index (χ4n) is 4.77. The van der Waals surface area contributed by atoms with Crippen molar-refractivity contribution in [1.82, 2.24) is 24.6 Å². The van der Waals surface area contributed by atoms with Crippen LogP contribution in [0.2, 0.25) is 0 Å². The molecule has 2 fully saturated rings. The Morgan fingerprint density at radius 3 is 2.54 bits per heavy atom. The Bertz CT molecular complexity index is 1250. The molecular weight excluding hydrogens is 495 g/mol. The summed E-state index contributed by atoms with van der Waals surface area (Å²) < 4.78 is 51.3. The van der Waals surface area contributed by atoms with E-state index in [4.69, 9.17) is 19.6 Å². The summed E-state index contributed by atoms with van der Waals surface area (Å²) in [6.45, 7) is 0.702. The van der Waals surface area contributed by atoms with E-state index in [-0.39, 0.29) is 36.8 Å². The van der Waals surface area contributed by atoms with Crippen molar-refractivity contribution in [1.29, 1.82) is 0 Å². The normalized spacial score (nSPS) is 20.3. The van der Waals surface area contributed by atoms with Gasteiger partial charge in [-0.2, -0.15) is 18.3 Å². The Morgan fingerprint density at radius 2 is 1.89 bits per heavy atom. The number of morpholine rings is 1. The average Bonchev–Trinajstić information content (AvgIpc) is 3.23. The zero-order valence-electron chi connectivity index (χ0n) is 20.0. The van der Waals surface area contributed by atoms with E-state index in [1.54, 1.807) is 24.3 Å². The molecule has 1 aromatic carbocycles. The number of benzene rings is 1. The van der Waals surface area contributed by atoms with Gasteiger partial charge in [-0.3, -0.25) is 5.32 Å². The third-order valence-electron chi connectivity index (χ3n) is 6.22. The third-order valence-corrected chi connectivity index (χ3v) is 6.22. The van der Waals surface area contributed by atoms with Crippen molar-refractivity contribution in [3.63, 3.8) is 0 Å². The number of aliphatic hydroxyl groups is 1. The molecule has 2 N–H and O–H groups in total. The third kappa shape index (κ3) is 5.45. The smallest absolute Gasteiger partial charge is 0.411 e. The van der Waals surface area contributed by atoms with Gasteiger partial charge in [0.2, 0.25) is 0 Å². The van der Waals surface area contributed by atoms with E-state index in [9.17, 15) is 18.0 Å². The molecule has 198 valence electrons. The summed E-state index contributed by atoms with van der Waals surface area (Å²) in [6, 6.07) is 6.48. The summed E-state index contributed by atoms with van der Waals surface area (Å²) in [7, 11) is 2.03. The number of ether oxygens (including phenoxy) is 2. The fraction of sp³-hybridized carbons (Fsp3) is 0.478. The number of carbonyl (C=O) groups is 1. The van der Waals surface area contributed by atoms with Crippen LogP contribution in [0.1, 0.15) is 0 Å². The number of carbonyl (C=O) groups excluding carboxylic acids is 1. The summed E-state index contributed by atoms with van der Waals surface area (Å²) in [5, 5.41) is 15.7. The minimum Gasteiger partial charge on any atom is -0.447 e. The van der Waals surface area contributed by atoms with Gasteiger partial charge in [0.1, 0.15) is 19.0 Å². The van der Waals surface area contributed by atoms with Gasteiger partial charge in [-0.15, -0.1) is 0 Å². The highest BCUT2D eigenvalue weighted by Gasteiger charge is 2.39. The van der Waals surface area contributed by atoms with Crippen LogP contribution in [0.3, 0.4) is 0 Å². The number of halogens is 3. The second-order valence-corrected chi connectivity index (χ2v) is 9.06. The Hall–Kier alpha value is -3.49. The molecular formula is C23H26F3N7O4. The highest BCUT2D eigenvalue weighted by atomic mass is 19.4. The Balaban J connectivity index is 1.54. The monoisotopic (exact) mass is 521 g/mol. The van der Waals surface area contributed by atoms with E-state index >= 15 is 0 Å². The predicted octanol–water partition coefficient (Wildman–Crippen LogP) is 2.12.